The van der Waals surface area contributed by atoms with Gasteiger partial charge in [-0.05, 0) is 42.5 Å². The van der Waals surface area contributed by atoms with Crippen LogP contribution in [0.5, 0.6) is 5.88 Å². The van der Waals surface area contributed by atoms with Gasteiger partial charge in [-0.2, -0.15) is 0 Å². The molecule has 2 aliphatic rings. The molecule has 4 rings (SSSR count). The van der Waals surface area contributed by atoms with Crippen molar-refractivity contribution < 1.29 is 13.9 Å². The van der Waals surface area contributed by atoms with Crippen LogP contribution in [0.1, 0.15) is 48.9 Å². The van der Waals surface area contributed by atoms with Gasteiger partial charge in [0.2, 0.25) is 11.8 Å². The van der Waals surface area contributed by atoms with E-state index in [1.165, 1.54) is 18.6 Å². The number of hydrogen-bond donors (Lipinski definition) is 1. The Balaban J connectivity index is 0.00000256. The van der Waals surface area contributed by atoms with Gasteiger partial charge in [0.05, 0.1) is 24.5 Å². The number of rotatable bonds is 5. The molecule has 162 valence electrons. The summed E-state index contributed by atoms with van der Waals surface area (Å²) in [6.45, 7) is 0.602. The zero-order valence-corrected chi connectivity index (χ0v) is 18.1. The first-order valence-electron chi connectivity index (χ1n) is 10.4. The summed E-state index contributed by atoms with van der Waals surface area (Å²) in [6.07, 6.45) is 6.87. The number of pyridine rings is 1. The molecule has 30 heavy (non-hydrogen) atoms. The molecule has 1 fully saturated rings. The fourth-order valence-corrected chi connectivity index (χ4v) is 4.55. The number of hydrogen-bond acceptors (Lipinski definition) is 4. The van der Waals surface area contributed by atoms with E-state index in [4.69, 9.17) is 10.5 Å². The maximum atomic E-state index is 13.2. The van der Waals surface area contributed by atoms with E-state index in [0.717, 1.165) is 48.2 Å². The molecule has 1 atom stereocenters. The van der Waals surface area contributed by atoms with E-state index in [-0.39, 0.29) is 30.0 Å². The first kappa shape index (κ1) is 22.5. The Morgan fingerprint density at radius 2 is 1.97 bits per heavy atom. The normalized spacial score (nSPS) is 17.2. The maximum Gasteiger partial charge on any atom is 0.244 e. The molecule has 2 N–H and O–H groups in total. The molecule has 0 saturated heterocycles. The number of benzene rings is 1. The third-order valence-corrected chi connectivity index (χ3v) is 6.19. The number of halogens is 2. The third-order valence-electron chi connectivity index (χ3n) is 6.19. The van der Waals surface area contributed by atoms with Gasteiger partial charge in [0.25, 0.3) is 0 Å². The van der Waals surface area contributed by atoms with E-state index in [2.05, 4.69) is 4.98 Å². The van der Waals surface area contributed by atoms with Gasteiger partial charge in [-0.15, -0.1) is 12.4 Å². The Bertz CT molecular complexity index is 885. The van der Waals surface area contributed by atoms with Crippen LogP contribution < -0.4 is 15.4 Å². The quantitative estimate of drug-likeness (QED) is 0.772. The predicted molar refractivity (Wildman–Crippen MR) is 118 cm³/mol. The number of methoxy groups -OCH3 is 1. The highest BCUT2D eigenvalue weighted by Crippen LogP contribution is 2.34. The lowest BCUT2D eigenvalue weighted by Crippen LogP contribution is -2.48. The van der Waals surface area contributed by atoms with Crippen molar-refractivity contribution in [2.45, 2.75) is 51.0 Å². The number of nitrogens with two attached hydrogens (primary N) is 1. The van der Waals surface area contributed by atoms with Crippen LogP contribution in [0.15, 0.2) is 30.3 Å². The Kier molecular flexibility index (Phi) is 7.32. The molecular formula is C23H29ClFN3O2. The van der Waals surface area contributed by atoms with Gasteiger partial charge in [-0.1, -0.05) is 31.4 Å². The summed E-state index contributed by atoms with van der Waals surface area (Å²) in [5.41, 5.74) is 9.93. The lowest BCUT2D eigenvalue weighted by atomic mass is 9.84. The Morgan fingerprint density at radius 1 is 1.27 bits per heavy atom. The van der Waals surface area contributed by atoms with Crippen LogP contribution in [0.25, 0.3) is 0 Å². The molecule has 0 bridgehead atoms. The molecule has 1 saturated carbocycles. The van der Waals surface area contributed by atoms with Gasteiger partial charge >= 0.3 is 0 Å². The molecule has 0 unspecified atom stereocenters. The topological polar surface area (TPSA) is 68.5 Å². The average Bonchev–Trinajstić information content (AvgIpc) is 3.17. The molecular weight excluding hydrogens is 405 g/mol. The maximum absolute atomic E-state index is 13.2. The van der Waals surface area contributed by atoms with Crippen molar-refractivity contribution in [1.29, 1.82) is 0 Å². The minimum atomic E-state index is -0.455. The molecule has 1 aliphatic carbocycles. The summed E-state index contributed by atoms with van der Waals surface area (Å²) in [6, 6.07) is 7.93. The zero-order valence-electron chi connectivity index (χ0n) is 17.3. The number of carbonyl (C=O) groups is 1. The van der Waals surface area contributed by atoms with Gasteiger partial charge < -0.3 is 15.4 Å². The molecule has 0 spiro atoms. The molecule has 2 heterocycles. The lowest BCUT2D eigenvalue weighted by Gasteiger charge is -2.30. The van der Waals surface area contributed by atoms with Crippen molar-refractivity contribution in [2.75, 3.05) is 18.6 Å². The van der Waals surface area contributed by atoms with Crippen LogP contribution in [0.2, 0.25) is 0 Å². The van der Waals surface area contributed by atoms with Crippen LogP contribution in [0, 0.1) is 11.7 Å². The van der Waals surface area contributed by atoms with Gasteiger partial charge in [-0.25, -0.2) is 9.37 Å². The number of ether oxygens (including phenoxy) is 1. The van der Waals surface area contributed by atoms with Gasteiger partial charge in [0, 0.05) is 24.9 Å². The van der Waals surface area contributed by atoms with Crippen LogP contribution in [-0.4, -0.2) is 30.6 Å². The summed E-state index contributed by atoms with van der Waals surface area (Å²) in [5, 5.41) is 0. The van der Waals surface area contributed by atoms with E-state index >= 15 is 0 Å². The summed E-state index contributed by atoms with van der Waals surface area (Å²) in [5.74, 6) is 0.556. The molecule has 7 heteroatoms. The summed E-state index contributed by atoms with van der Waals surface area (Å²) in [7, 11) is 1.60. The van der Waals surface area contributed by atoms with Gasteiger partial charge in [-0.3, -0.25) is 4.79 Å². The summed E-state index contributed by atoms with van der Waals surface area (Å²) >= 11 is 0. The molecule has 1 aromatic carbocycles. The molecule has 0 radical (unpaired) electrons. The highest BCUT2D eigenvalue weighted by molar-refractivity contribution is 5.99. The number of anilines is 1. The summed E-state index contributed by atoms with van der Waals surface area (Å²) in [4.78, 5) is 19.6. The molecule has 1 aliphatic heterocycles. The molecule has 1 amide bonds. The van der Waals surface area contributed by atoms with Crippen molar-refractivity contribution in [3.05, 3.63) is 53.0 Å². The van der Waals surface area contributed by atoms with Crippen LogP contribution in [0.3, 0.4) is 0 Å². The van der Waals surface area contributed by atoms with Gasteiger partial charge in [0.1, 0.15) is 5.82 Å². The van der Waals surface area contributed by atoms with E-state index in [0.29, 0.717) is 25.3 Å². The minimum absolute atomic E-state index is 0. The van der Waals surface area contributed by atoms with Crippen LogP contribution >= 0.6 is 12.4 Å². The fourth-order valence-electron chi connectivity index (χ4n) is 4.55. The van der Waals surface area contributed by atoms with E-state index in [1.54, 1.807) is 24.1 Å². The van der Waals surface area contributed by atoms with E-state index in [9.17, 15) is 9.18 Å². The highest BCUT2D eigenvalue weighted by atomic mass is 35.5. The lowest BCUT2D eigenvalue weighted by molar-refractivity contribution is -0.121. The second-order valence-electron chi connectivity index (χ2n) is 8.09. The smallest absolute Gasteiger partial charge is 0.244 e. The Labute approximate surface area is 183 Å². The number of amides is 1. The molecule has 5 nitrogen and oxygen atoms in total. The van der Waals surface area contributed by atoms with E-state index < -0.39 is 6.04 Å². The predicted octanol–water partition coefficient (Wildman–Crippen LogP) is 4.04. The Morgan fingerprint density at radius 3 is 2.63 bits per heavy atom. The monoisotopic (exact) mass is 433 g/mol. The zero-order chi connectivity index (χ0) is 20.4. The first-order valence-corrected chi connectivity index (χ1v) is 10.4. The molecule has 1 aromatic heterocycles. The van der Waals surface area contributed by atoms with Crippen molar-refractivity contribution in [3.8, 4) is 5.88 Å². The average molecular weight is 434 g/mol. The molecule has 2 aromatic rings. The standard InChI is InChI=1S/C23H28FN3O2.ClH/c1-29-22-17(13-15-7-9-18(24)10-8-15)14-20-19(26-22)11-12-27(20)23(28)21(25)16-5-3-2-4-6-16;/h7-10,14,16,21H,2-6,11-13,25H2,1H3;1H/t21-;/m0./s1. The first-order chi connectivity index (χ1) is 14.1. The summed E-state index contributed by atoms with van der Waals surface area (Å²) < 4.78 is 18.7. The number of carbonyl (C=O) groups excluding carboxylic acids is 1. The highest BCUT2D eigenvalue weighted by Gasteiger charge is 2.34. The van der Waals surface area contributed by atoms with Crippen molar-refractivity contribution >= 4 is 24.0 Å². The Hall–Kier alpha value is -2.18. The van der Waals surface area contributed by atoms with E-state index in [1.807, 2.05) is 6.07 Å². The van der Waals surface area contributed by atoms with Crippen molar-refractivity contribution in [2.24, 2.45) is 11.7 Å². The number of fused-ring (bicyclic) bond motifs is 1. The van der Waals surface area contributed by atoms with Crippen LogP contribution in [-0.2, 0) is 17.6 Å². The second-order valence-corrected chi connectivity index (χ2v) is 8.09. The number of aromatic nitrogens is 1. The second kappa shape index (κ2) is 9.75. The van der Waals surface area contributed by atoms with Crippen molar-refractivity contribution in [3.63, 3.8) is 0 Å². The minimum Gasteiger partial charge on any atom is -0.481 e. The van der Waals surface area contributed by atoms with Crippen molar-refractivity contribution in [1.82, 2.24) is 4.98 Å². The fraction of sp³-hybridized carbons (Fsp3) is 0.478. The van der Waals surface area contributed by atoms with Gasteiger partial charge in [0.15, 0.2) is 0 Å². The largest absolute Gasteiger partial charge is 0.481 e. The third kappa shape index (κ3) is 4.60. The SMILES string of the molecule is COc1nc2c(cc1Cc1ccc(F)cc1)N(C(=O)[C@@H](N)C1CCCCC1)CC2.Cl. The van der Waals surface area contributed by atoms with Crippen LogP contribution in [0.4, 0.5) is 10.1 Å². The number of nitrogens with zero attached hydrogens (tertiary/aromatic N) is 2.